The maximum atomic E-state index is 10.6. The molecule has 2 aromatic rings. The molecule has 1 atom stereocenters. The number of nitro groups is 1. The van der Waals surface area contributed by atoms with Gasteiger partial charge in [-0.3, -0.25) is 10.1 Å². The molecule has 0 aliphatic rings. The van der Waals surface area contributed by atoms with Crippen LogP contribution in [0.25, 0.3) is 0 Å². The summed E-state index contributed by atoms with van der Waals surface area (Å²) in [6.45, 7) is 0. The van der Waals surface area contributed by atoms with E-state index in [1.165, 1.54) is 12.1 Å². The van der Waals surface area contributed by atoms with Crippen molar-refractivity contribution in [3.05, 3.63) is 86.0 Å². The van der Waals surface area contributed by atoms with Gasteiger partial charge >= 0.3 is 0 Å². The van der Waals surface area contributed by atoms with Gasteiger partial charge in [0.05, 0.1) is 4.92 Å². The Morgan fingerprint density at radius 3 is 2.10 bits per heavy atom. The van der Waals surface area contributed by atoms with Crippen LogP contribution >= 0.6 is 0 Å². The zero-order valence-electron chi connectivity index (χ0n) is 10.9. The number of benzene rings is 2. The molecule has 0 N–H and O–H groups in total. The van der Waals surface area contributed by atoms with Gasteiger partial charge in [-0.15, -0.1) is 10.1 Å². The normalized spacial score (nSPS) is 11.6. The third kappa shape index (κ3) is 4.00. The van der Waals surface area contributed by atoms with Crippen LogP contribution < -0.4 is 0 Å². The van der Waals surface area contributed by atoms with Gasteiger partial charge in [-0.05, 0) is 11.1 Å². The van der Waals surface area contributed by atoms with E-state index in [4.69, 9.17) is 4.84 Å². The van der Waals surface area contributed by atoms with Gasteiger partial charge in [-0.25, -0.2) is 0 Å². The fraction of sp³-hybridized carbons (Fsp3) is 0.143. The number of non-ortho nitro benzene ring substituents is 1. The second-order valence-electron chi connectivity index (χ2n) is 4.36. The molecular weight excluding hydrogens is 276 g/mol. The average molecular weight is 288 g/mol. The average Bonchev–Trinajstić information content (AvgIpc) is 2.47. The van der Waals surface area contributed by atoms with Crippen molar-refractivity contribution in [3.8, 4) is 0 Å². The molecule has 2 rings (SSSR count). The van der Waals surface area contributed by atoms with Crippen molar-refractivity contribution in [2.45, 2.75) is 12.5 Å². The Labute approximate surface area is 120 Å². The first-order valence-electron chi connectivity index (χ1n) is 6.15. The van der Waals surface area contributed by atoms with E-state index >= 15 is 0 Å². The highest BCUT2D eigenvalue weighted by Gasteiger charge is 2.17. The molecule has 2 aromatic carbocycles. The molecule has 0 heterocycles. The molecule has 0 fully saturated rings. The zero-order valence-corrected chi connectivity index (χ0v) is 10.9. The number of hydrogen-bond acceptors (Lipinski definition) is 5. The Bertz CT molecular complexity index is 628. The van der Waals surface area contributed by atoms with Gasteiger partial charge in [0, 0.05) is 18.6 Å². The molecule has 0 spiro atoms. The third-order valence-corrected chi connectivity index (χ3v) is 2.95. The van der Waals surface area contributed by atoms with Gasteiger partial charge in [0.25, 0.3) is 10.8 Å². The maximum Gasteiger partial charge on any atom is 0.295 e. The van der Waals surface area contributed by atoms with Crippen LogP contribution in [0.4, 0.5) is 5.69 Å². The van der Waals surface area contributed by atoms with Crippen LogP contribution in [0.5, 0.6) is 0 Å². The second kappa shape index (κ2) is 6.47. The minimum Gasteiger partial charge on any atom is -0.305 e. The Kier molecular flexibility index (Phi) is 4.45. The van der Waals surface area contributed by atoms with Crippen LogP contribution in [-0.4, -0.2) is 10.0 Å². The number of nitro benzene ring substituents is 1. The summed E-state index contributed by atoms with van der Waals surface area (Å²) in [6, 6.07) is 14.7. The first-order valence-corrected chi connectivity index (χ1v) is 6.15. The molecule has 1 unspecified atom stereocenters. The Hall–Kier alpha value is -2.96. The highest BCUT2D eigenvalue weighted by molar-refractivity contribution is 5.33. The van der Waals surface area contributed by atoms with Crippen molar-refractivity contribution >= 4 is 5.69 Å². The highest BCUT2D eigenvalue weighted by atomic mass is 17.0. The largest absolute Gasteiger partial charge is 0.305 e. The van der Waals surface area contributed by atoms with Crippen molar-refractivity contribution in [1.29, 1.82) is 0 Å². The third-order valence-electron chi connectivity index (χ3n) is 2.95. The van der Waals surface area contributed by atoms with Crippen molar-refractivity contribution in [2.24, 2.45) is 0 Å². The number of rotatable bonds is 6. The molecule has 0 aliphatic carbocycles. The predicted molar refractivity (Wildman–Crippen MR) is 74.1 cm³/mol. The summed E-state index contributed by atoms with van der Waals surface area (Å²) in [5, 5.41) is 20.4. The van der Waals surface area contributed by atoms with Gasteiger partial charge in [0.2, 0.25) is 0 Å². The summed E-state index contributed by atoms with van der Waals surface area (Å²) in [6.07, 6.45) is -0.495. The van der Waals surface area contributed by atoms with Gasteiger partial charge in [0.1, 0.15) is 6.10 Å². The zero-order chi connectivity index (χ0) is 15.2. The predicted octanol–water partition coefficient (Wildman–Crippen LogP) is 3.09. The molecular formula is C14H12N2O5. The smallest absolute Gasteiger partial charge is 0.295 e. The molecule has 0 saturated heterocycles. The van der Waals surface area contributed by atoms with E-state index in [0.717, 1.165) is 5.56 Å². The lowest BCUT2D eigenvalue weighted by atomic mass is 10.0. The maximum absolute atomic E-state index is 10.6. The summed E-state index contributed by atoms with van der Waals surface area (Å²) in [4.78, 5) is 25.4. The van der Waals surface area contributed by atoms with E-state index < -0.39 is 16.1 Å². The van der Waals surface area contributed by atoms with Crippen LogP contribution in [0.3, 0.4) is 0 Å². The molecule has 0 amide bonds. The van der Waals surface area contributed by atoms with E-state index in [9.17, 15) is 20.2 Å². The lowest BCUT2D eigenvalue weighted by molar-refractivity contribution is -0.771. The molecule has 7 heteroatoms. The van der Waals surface area contributed by atoms with Crippen LogP contribution in [-0.2, 0) is 11.3 Å². The summed E-state index contributed by atoms with van der Waals surface area (Å²) < 4.78 is 0. The highest BCUT2D eigenvalue weighted by Crippen LogP contribution is 2.23. The van der Waals surface area contributed by atoms with Crippen molar-refractivity contribution in [2.75, 3.05) is 0 Å². The minimum atomic E-state index is -0.830. The number of nitrogens with zero attached hydrogens (tertiary/aromatic N) is 2. The second-order valence-corrected chi connectivity index (χ2v) is 4.36. The first kappa shape index (κ1) is 14.4. The summed E-state index contributed by atoms with van der Waals surface area (Å²) in [7, 11) is 0. The summed E-state index contributed by atoms with van der Waals surface area (Å²) >= 11 is 0. The molecule has 0 aromatic heterocycles. The molecule has 7 nitrogen and oxygen atoms in total. The van der Waals surface area contributed by atoms with E-state index in [0.29, 0.717) is 5.56 Å². The standard InChI is InChI=1S/C14H12N2O5/c17-15(18)13-8-6-11(7-9-13)10-14(21-16(19)20)12-4-2-1-3-5-12/h1-9,14H,10H2. The van der Waals surface area contributed by atoms with Crippen LogP contribution in [0.15, 0.2) is 54.6 Å². The van der Waals surface area contributed by atoms with E-state index in [-0.39, 0.29) is 12.1 Å². The molecule has 0 bridgehead atoms. The monoisotopic (exact) mass is 288 g/mol. The quantitative estimate of drug-likeness (QED) is 0.601. The molecule has 21 heavy (non-hydrogen) atoms. The van der Waals surface area contributed by atoms with E-state index in [2.05, 4.69) is 0 Å². The summed E-state index contributed by atoms with van der Waals surface area (Å²) in [5.74, 6) is 0. The Morgan fingerprint density at radius 2 is 1.57 bits per heavy atom. The van der Waals surface area contributed by atoms with Gasteiger partial charge in [-0.2, -0.15) is 0 Å². The van der Waals surface area contributed by atoms with E-state index in [1.54, 1.807) is 42.5 Å². The minimum absolute atomic E-state index is 0.0230. The van der Waals surface area contributed by atoms with Gasteiger partial charge < -0.3 is 4.84 Å². The number of hydrogen-bond donors (Lipinski definition) is 0. The molecule has 0 saturated carbocycles. The van der Waals surface area contributed by atoms with Crippen LogP contribution in [0.1, 0.15) is 17.2 Å². The van der Waals surface area contributed by atoms with E-state index in [1.807, 2.05) is 0 Å². The summed E-state index contributed by atoms with van der Waals surface area (Å²) in [5.41, 5.74) is 1.37. The fourth-order valence-corrected chi connectivity index (χ4v) is 1.96. The lowest BCUT2D eigenvalue weighted by Gasteiger charge is -2.15. The molecule has 0 radical (unpaired) electrons. The van der Waals surface area contributed by atoms with Crippen molar-refractivity contribution in [1.82, 2.24) is 0 Å². The Morgan fingerprint density at radius 1 is 0.952 bits per heavy atom. The lowest BCUT2D eigenvalue weighted by Crippen LogP contribution is -2.12. The Balaban J connectivity index is 2.18. The van der Waals surface area contributed by atoms with Crippen LogP contribution in [0.2, 0.25) is 0 Å². The van der Waals surface area contributed by atoms with Gasteiger partial charge in [-0.1, -0.05) is 42.5 Å². The molecule has 108 valence electrons. The topological polar surface area (TPSA) is 95.5 Å². The van der Waals surface area contributed by atoms with Crippen molar-refractivity contribution in [3.63, 3.8) is 0 Å². The van der Waals surface area contributed by atoms with Crippen LogP contribution in [0, 0.1) is 20.2 Å². The first-order chi connectivity index (χ1) is 10.1. The fourth-order valence-electron chi connectivity index (χ4n) is 1.96. The van der Waals surface area contributed by atoms with Crippen molar-refractivity contribution < 1.29 is 14.8 Å². The SMILES string of the molecule is O=[N+]([O-])OC(Cc1ccc([N+](=O)[O-])cc1)c1ccccc1. The molecule has 0 aliphatic heterocycles. The van der Waals surface area contributed by atoms with Gasteiger partial charge in [0.15, 0.2) is 0 Å².